The molecule has 0 radical (unpaired) electrons. The highest BCUT2D eigenvalue weighted by Gasteiger charge is 2.50. The number of carbonyl (C=O) groups excluding carboxylic acids is 3. The van der Waals surface area contributed by atoms with Crippen molar-refractivity contribution in [2.24, 2.45) is 7.05 Å². The molecule has 3 aromatic rings. The summed E-state index contributed by atoms with van der Waals surface area (Å²) in [5.41, 5.74) is 0.180. The van der Waals surface area contributed by atoms with E-state index in [-0.39, 0.29) is 6.54 Å². The zero-order chi connectivity index (χ0) is 22.2. The highest BCUT2D eigenvalue weighted by molar-refractivity contribution is 6.31. The van der Waals surface area contributed by atoms with Gasteiger partial charge in [-0.3, -0.25) is 14.9 Å². The average molecular weight is 458 g/mol. The summed E-state index contributed by atoms with van der Waals surface area (Å²) >= 11 is 12.1. The number of rotatable bonds is 5. The Hall–Kier alpha value is -3.36. The van der Waals surface area contributed by atoms with E-state index in [1.54, 1.807) is 60.3 Å². The quantitative estimate of drug-likeness (QED) is 0.512. The molecule has 1 fully saturated rings. The van der Waals surface area contributed by atoms with Crippen LogP contribution in [0.15, 0.2) is 54.9 Å². The van der Waals surface area contributed by atoms with Gasteiger partial charge in [0.2, 0.25) is 0 Å². The zero-order valence-corrected chi connectivity index (χ0v) is 17.8. The maximum Gasteiger partial charge on any atom is 0.322 e. The van der Waals surface area contributed by atoms with Crippen LogP contribution in [0.2, 0.25) is 10.0 Å². The Morgan fingerprint density at radius 2 is 1.84 bits per heavy atom. The van der Waals surface area contributed by atoms with Crippen LogP contribution in [0.5, 0.6) is 0 Å². The molecule has 1 unspecified atom stereocenters. The largest absolute Gasteiger partial charge is 0.349 e. The van der Waals surface area contributed by atoms with Crippen LogP contribution in [-0.2, 0) is 17.4 Å². The number of aryl methyl sites for hydroxylation is 1. The minimum atomic E-state index is -1.53. The summed E-state index contributed by atoms with van der Waals surface area (Å²) < 4.78 is 1.61. The van der Waals surface area contributed by atoms with Crippen LogP contribution in [0.3, 0.4) is 0 Å². The molecule has 1 aliphatic rings. The predicted octanol–water partition coefficient (Wildman–Crippen LogP) is 2.86. The molecule has 0 spiro atoms. The first kappa shape index (κ1) is 20.9. The third-order valence-corrected chi connectivity index (χ3v) is 5.53. The standard InChI is InChI=1S/C21H17Cl2N5O3/c1-28-9-8-24-18(28)21(19(30)26-20(31)27-21)11-25-17(29)15-7-6-14(23)10-16(15)12-2-4-13(22)5-3-12/h2-10H,11H2,1H3,(H,25,29)(H2,26,27,30,31). The molecule has 1 atom stereocenters. The highest BCUT2D eigenvalue weighted by atomic mass is 35.5. The van der Waals surface area contributed by atoms with Crippen molar-refractivity contribution in [1.82, 2.24) is 25.5 Å². The summed E-state index contributed by atoms with van der Waals surface area (Å²) in [5, 5.41) is 8.59. The number of halogens is 2. The van der Waals surface area contributed by atoms with Gasteiger partial charge in [0.25, 0.3) is 11.8 Å². The van der Waals surface area contributed by atoms with Crippen LogP contribution in [0.4, 0.5) is 4.79 Å². The number of benzene rings is 2. The molecule has 2 aromatic carbocycles. The van der Waals surface area contributed by atoms with Gasteiger partial charge < -0.3 is 15.2 Å². The molecule has 1 saturated heterocycles. The summed E-state index contributed by atoms with van der Waals surface area (Å²) in [6.45, 7) is -0.197. The Balaban J connectivity index is 1.66. The van der Waals surface area contributed by atoms with E-state index in [2.05, 4.69) is 20.9 Å². The lowest BCUT2D eigenvalue weighted by molar-refractivity contribution is -0.124. The molecule has 1 aromatic heterocycles. The maximum atomic E-state index is 13.1. The topological polar surface area (TPSA) is 105 Å². The fourth-order valence-corrected chi connectivity index (χ4v) is 3.82. The van der Waals surface area contributed by atoms with Crippen molar-refractivity contribution in [2.45, 2.75) is 5.54 Å². The van der Waals surface area contributed by atoms with E-state index in [1.165, 1.54) is 6.20 Å². The maximum absolute atomic E-state index is 13.1. The number of imidazole rings is 1. The lowest BCUT2D eigenvalue weighted by Crippen LogP contribution is -2.54. The Kier molecular flexibility index (Phi) is 5.43. The molecule has 2 heterocycles. The second-order valence-electron chi connectivity index (χ2n) is 7.05. The van der Waals surface area contributed by atoms with E-state index < -0.39 is 23.4 Å². The first-order chi connectivity index (χ1) is 14.8. The second kappa shape index (κ2) is 8.05. The number of carbonyl (C=O) groups is 3. The van der Waals surface area contributed by atoms with E-state index in [0.29, 0.717) is 27.0 Å². The monoisotopic (exact) mass is 457 g/mol. The SMILES string of the molecule is Cn1ccnc1C1(CNC(=O)c2ccc(Cl)cc2-c2ccc(Cl)cc2)NC(=O)NC1=O. The van der Waals surface area contributed by atoms with Crippen molar-refractivity contribution >= 4 is 41.0 Å². The molecule has 158 valence electrons. The number of amides is 4. The van der Waals surface area contributed by atoms with Gasteiger partial charge in [-0.05, 0) is 41.5 Å². The van der Waals surface area contributed by atoms with Gasteiger partial charge in [-0.2, -0.15) is 0 Å². The van der Waals surface area contributed by atoms with Crippen LogP contribution >= 0.6 is 23.2 Å². The van der Waals surface area contributed by atoms with Gasteiger partial charge in [-0.25, -0.2) is 9.78 Å². The van der Waals surface area contributed by atoms with Crippen LogP contribution in [0, 0.1) is 0 Å². The molecule has 10 heteroatoms. The van der Waals surface area contributed by atoms with E-state index in [1.807, 2.05) is 0 Å². The van der Waals surface area contributed by atoms with Crippen LogP contribution in [0.25, 0.3) is 11.1 Å². The highest BCUT2D eigenvalue weighted by Crippen LogP contribution is 2.29. The van der Waals surface area contributed by atoms with Gasteiger partial charge in [0.1, 0.15) is 5.82 Å². The normalized spacial score (nSPS) is 17.9. The third-order valence-electron chi connectivity index (χ3n) is 5.04. The summed E-state index contributed by atoms with van der Waals surface area (Å²) in [6.07, 6.45) is 3.16. The molecule has 1 aliphatic heterocycles. The molecular formula is C21H17Cl2N5O3. The van der Waals surface area contributed by atoms with Crippen LogP contribution in [0.1, 0.15) is 16.2 Å². The number of urea groups is 1. The summed E-state index contributed by atoms with van der Waals surface area (Å²) in [4.78, 5) is 41.8. The molecule has 4 amide bonds. The van der Waals surface area contributed by atoms with Crippen molar-refractivity contribution in [1.29, 1.82) is 0 Å². The minimum Gasteiger partial charge on any atom is -0.349 e. The number of imide groups is 1. The van der Waals surface area contributed by atoms with Crippen molar-refractivity contribution in [2.75, 3.05) is 6.54 Å². The number of hydrogen-bond acceptors (Lipinski definition) is 4. The zero-order valence-electron chi connectivity index (χ0n) is 16.3. The predicted molar refractivity (Wildman–Crippen MR) is 116 cm³/mol. The Morgan fingerprint density at radius 3 is 2.45 bits per heavy atom. The first-order valence-corrected chi connectivity index (χ1v) is 10.0. The third kappa shape index (κ3) is 3.87. The molecule has 0 bridgehead atoms. The number of aromatic nitrogens is 2. The molecule has 4 rings (SSSR count). The molecule has 3 N–H and O–H groups in total. The second-order valence-corrected chi connectivity index (χ2v) is 7.93. The molecule has 0 saturated carbocycles. The first-order valence-electron chi connectivity index (χ1n) is 9.25. The Morgan fingerprint density at radius 1 is 1.13 bits per heavy atom. The molecule has 31 heavy (non-hydrogen) atoms. The number of nitrogens with zero attached hydrogens (tertiary/aromatic N) is 2. The van der Waals surface area contributed by atoms with Gasteiger partial charge >= 0.3 is 6.03 Å². The van der Waals surface area contributed by atoms with Gasteiger partial charge in [-0.15, -0.1) is 0 Å². The summed E-state index contributed by atoms with van der Waals surface area (Å²) in [6, 6.07) is 11.2. The van der Waals surface area contributed by atoms with Gasteiger partial charge in [0.05, 0.1) is 6.54 Å². The minimum absolute atomic E-state index is 0.197. The fraction of sp³-hybridized carbons (Fsp3) is 0.143. The van der Waals surface area contributed by atoms with Crippen molar-refractivity contribution in [3.63, 3.8) is 0 Å². The number of hydrogen-bond donors (Lipinski definition) is 3. The van der Waals surface area contributed by atoms with E-state index >= 15 is 0 Å². The van der Waals surface area contributed by atoms with Crippen LogP contribution < -0.4 is 16.0 Å². The smallest absolute Gasteiger partial charge is 0.322 e. The number of nitrogens with one attached hydrogen (secondary N) is 3. The lowest BCUT2D eigenvalue weighted by atomic mass is 9.96. The summed E-state index contributed by atoms with van der Waals surface area (Å²) in [7, 11) is 1.70. The van der Waals surface area contributed by atoms with Crippen molar-refractivity contribution < 1.29 is 14.4 Å². The van der Waals surface area contributed by atoms with E-state index in [0.717, 1.165) is 5.56 Å². The Labute approximate surface area is 187 Å². The lowest BCUT2D eigenvalue weighted by Gasteiger charge is -2.26. The van der Waals surface area contributed by atoms with Crippen LogP contribution in [-0.4, -0.2) is 33.9 Å². The van der Waals surface area contributed by atoms with Gasteiger partial charge in [-0.1, -0.05) is 35.3 Å². The molecular weight excluding hydrogens is 441 g/mol. The summed E-state index contributed by atoms with van der Waals surface area (Å²) in [5.74, 6) is -0.740. The van der Waals surface area contributed by atoms with Crippen molar-refractivity contribution in [3.05, 3.63) is 76.3 Å². The average Bonchev–Trinajstić information content (AvgIpc) is 3.29. The van der Waals surface area contributed by atoms with Gasteiger partial charge in [0, 0.05) is 35.1 Å². The van der Waals surface area contributed by atoms with E-state index in [4.69, 9.17) is 23.2 Å². The van der Waals surface area contributed by atoms with E-state index in [9.17, 15) is 14.4 Å². The Bertz CT molecular complexity index is 1190. The molecule has 8 nitrogen and oxygen atoms in total. The van der Waals surface area contributed by atoms with Gasteiger partial charge in [0.15, 0.2) is 5.54 Å². The fourth-order valence-electron chi connectivity index (χ4n) is 3.52. The molecule has 0 aliphatic carbocycles. The van der Waals surface area contributed by atoms with Crippen molar-refractivity contribution in [3.8, 4) is 11.1 Å².